The molecule has 0 atom stereocenters. The van der Waals surface area contributed by atoms with E-state index in [1.165, 1.54) is 54.8 Å². The van der Waals surface area contributed by atoms with Crippen molar-refractivity contribution < 1.29 is 17.9 Å². The van der Waals surface area contributed by atoms with Gasteiger partial charge < -0.3 is 4.74 Å². The van der Waals surface area contributed by atoms with E-state index in [1.54, 1.807) is 30.3 Å². The summed E-state index contributed by atoms with van der Waals surface area (Å²) in [4.78, 5) is 17.0. The van der Waals surface area contributed by atoms with Gasteiger partial charge in [-0.05, 0) is 66.7 Å². The van der Waals surface area contributed by atoms with Gasteiger partial charge in [-0.3, -0.25) is 14.8 Å². The van der Waals surface area contributed by atoms with Crippen LogP contribution in [0.3, 0.4) is 0 Å². The predicted molar refractivity (Wildman–Crippen MR) is 123 cm³/mol. The minimum Gasteiger partial charge on any atom is -0.497 e. The number of thiazole rings is 1. The molecule has 1 amide bonds. The maximum Gasteiger partial charge on any atom is 0.261 e. The van der Waals surface area contributed by atoms with Crippen LogP contribution in [0.15, 0.2) is 71.6 Å². The van der Waals surface area contributed by atoms with Gasteiger partial charge in [-0.1, -0.05) is 22.9 Å². The first kappa shape index (κ1) is 21.1. The zero-order chi connectivity index (χ0) is 22.0. The van der Waals surface area contributed by atoms with E-state index < -0.39 is 10.0 Å². The summed E-state index contributed by atoms with van der Waals surface area (Å²) in [5.41, 5.74) is 1.44. The van der Waals surface area contributed by atoms with E-state index in [0.29, 0.717) is 27.2 Å². The number of benzene rings is 3. The van der Waals surface area contributed by atoms with Crippen molar-refractivity contribution in [2.75, 3.05) is 17.1 Å². The predicted octanol–water partition coefficient (Wildman–Crippen LogP) is 5.01. The third kappa shape index (κ3) is 4.79. The van der Waals surface area contributed by atoms with Crippen LogP contribution in [0.25, 0.3) is 10.2 Å². The zero-order valence-electron chi connectivity index (χ0n) is 16.1. The first-order chi connectivity index (χ1) is 14.8. The number of hydrogen-bond donors (Lipinski definition) is 2. The summed E-state index contributed by atoms with van der Waals surface area (Å²) in [5.74, 6) is 0.209. The molecule has 0 radical (unpaired) electrons. The Morgan fingerprint density at radius 3 is 2.42 bits per heavy atom. The van der Waals surface area contributed by atoms with Gasteiger partial charge in [-0.15, -0.1) is 0 Å². The summed E-state index contributed by atoms with van der Waals surface area (Å²) in [5, 5.41) is 3.80. The first-order valence-corrected chi connectivity index (χ1v) is 11.7. The standard InChI is InChI=1S/C21H16ClN3O4S2/c1-29-16-7-9-17(10-8-16)31(27,28)25-15-5-2-13(3-6-15)20(26)24-21-23-18-11-4-14(22)12-19(18)30-21/h2-12,25H,1H3,(H,23,24,26). The highest BCUT2D eigenvalue weighted by atomic mass is 35.5. The topological polar surface area (TPSA) is 97.4 Å². The highest BCUT2D eigenvalue weighted by Gasteiger charge is 2.15. The first-order valence-electron chi connectivity index (χ1n) is 8.98. The number of ether oxygens (including phenoxy) is 1. The van der Waals surface area contributed by atoms with Crippen molar-refractivity contribution in [1.82, 2.24) is 4.98 Å². The number of carbonyl (C=O) groups is 1. The molecule has 3 aromatic carbocycles. The van der Waals surface area contributed by atoms with Crippen LogP contribution < -0.4 is 14.8 Å². The number of halogens is 1. The smallest absolute Gasteiger partial charge is 0.261 e. The average molecular weight is 474 g/mol. The Bertz CT molecular complexity index is 1350. The van der Waals surface area contributed by atoms with Gasteiger partial charge in [0.25, 0.3) is 15.9 Å². The highest BCUT2D eigenvalue weighted by Crippen LogP contribution is 2.28. The molecule has 7 nitrogen and oxygen atoms in total. The van der Waals surface area contributed by atoms with Crippen LogP contribution in [0.1, 0.15) is 10.4 Å². The number of hydrogen-bond acceptors (Lipinski definition) is 6. The molecule has 4 rings (SSSR count). The molecule has 10 heteroatoms. The molecule has 0 bridgehead atoms. The third-order valence-electron chi connectivity index (χ3n) is 4.34. The lowest BCUT2D eigenvalue weighted by atomic mass is 10.2. The lowest BCUT2D eigenvalue weighted by Crippen LogP contribution is -2.14. The molecule has 1 aromatic heterocycles. The normalized spacial score (nSPS) is 11.3. The van der Waals surface area contributed by atoms with E-state index in [0.717, 1.165) is 10.2 Å². The second-order valence-corrected chi connectivity index (χ2v) is 9.59. The van der Waals surface area contributed by atoms with Crippen molar-refractivity contribution in [2.45, 2.75) is 4.90 Å². The molecule has 0 saturated carbocycles. The number of anilines is 2. The summed E-state index contributed by atoms with van der Waals surface area (Å²) in [6.07, 6.45) is 0. The van der Waals surface area contributed by atoms with Gasteiger partial charge in [0.1, 0.15) is 5.75 Å². The van der Waals surface area contributed by atoms with Crippen LogP contribution in [0.4, 0.5) is 10.8 Å². The van der Waals surface area contributed by atoms with E-state index in [9.17, 15) is 13.2 Å². The molecule has 2 N–H and O–H groups in total. The second-order valence-electron chi connectivity index (χ2n) is 6.44. The molecule has 0 aliphatic rings. The van der Waals surface area contributed by atoms with Crippen LogP contribution in [0, 0.1) is 0 Å². The Hall–Kier alpha value is -3.14. The number of rotatable bonds is 6. The quantitative estimate of drug-likeness (QED) is 0.410. The van der Waals surface area contributed by atoms with Gasteiger partial charge >= 0.3 is 0 Å². The molecule has 31 heavy (non-hydrogen) atoms. The largest absolute Gasteiger partial charge is 0.497 e. The molecule has 4 aromatic rings. The van der Waals surface area contributed by atoms with Crippen molar-refractivity contribution in [3.05, 3.63) is 77.3 Å². The van der Waals surface area contributed by atoms with Crippen LogP contribution in [-0.2, 0) is 10.0 Å². The van der Waals surface area contributed by atoms with Gasteiger partial charge in [0, 0.05) is 16.3 Å². The Balaban J connectivity index is 1.45. The summed E-state index contributed by atoms with van der Waals surface area (Å²) >= 11 is 7.30. The molecule has 0 unspecified atom stereocenters. The summed E-state index contributed by atoms with van der Waals surface area (Å²) in [7, 11) is -2.26. The van der Waals surface area contributed by atoms with Gasteiger partial charge in [-0.25, -0.2) is 13.4 Å². The Kier molecular flexibility index (Phi) is 5.81. The summed E-state index contributed by atoms with van der Waals surface area (Å²) < 4.78 is 33.4. The van der Waals surface area contributed by atoms with Crippen molar-refractivity contribution in [3.63, 3.8) is 0 Å². The fraction of sp³-hybridized carbons (Fsp3) is 0.0476. The molecule has 0 fully saturated rings. The van der Waals surface area contributed by atoms with Gasteiger partial charge in [0.15, 0.2) is 5.13 Å². The van der Waals surface area contributed by atoms with Crippen LogP contribution in [0.2, 0.25) is 5.02 Å². The van der Waals surface area contributed by atoms with Crippen LogP contribution in [-0.4, -0.2) is 26.4 Å². The number of carbonyl (C=O) groups excluding carboxylic acids is 1. The van der Waals surface area contributed by atoms with E-state index in [2.05, 4.69) is 15.0 Å². The third-order valence-corrected chi connectivity index (χ3v) is 6.91. The van der Waals surface area contributed by atoms with Crippen molar-refractivity contribution in [1.29, 1.82) is 0 Å². The Morgan fingerprint density at radius 1 is 1.03 bits per heavy atom. The zero-order valence-corrected chi connectivity index (χ0v) is 18.5. The number of sulfonamides is 1. The molecule has 0 aliphatic carbocycles. The fourth-order valence-corrected chi connectivity index (χ4v) is 4.98. The maximum atomic E-state index is 12.5. The molecular weight excluding hydrogens is 458 g/mol. The van der Waals surface area contributed by atoms with Gasteiger partial charge in [0.05, 0.1) is 22.2 Å². The number of aromatic nitrogens is 1. The molecule has 0 spiro atoms. The van der Waals surface area contributed by atoms with Crippen molar-refractivity contribution >= 4 is 59.9 Å². The number of amides is 1. The summed E-state index contributed by atoms with van der Waals surface area (Å²) in [6, 6.07) is 17.5. The van der Waals surface area contributed by atoms with E-state index in [4.69, 9.17) is 16.3 Å². The molecular formula is C21H16ClN3O4S2. The van der Waals surface area contributed by atoms with E-state index in [-0.39, 0.29) is 10.8 Å². The van der Waals surface area contributed by atoms with Crippen molar-refractivity contribution in [3.8, 4) is 5.75 Å². The number of methoxy groups -OCH3 is 1. The summed E-state index contributed by atoms with van der Waals surface area (Å²) in [6.45, 7) is 0. The molecule has 0 saturated heterocycles. The Morgan fingerprint density at radius 2 is 1.74 bits per heavy atom. The lowest BCUT2D eigenvalue weighted by Gasteiger charge is -2.09. The van der Waals surface area contributed by atoms with Gasteiger partial charge in [0.2, 0.25) is 0 Å². The van der Waals surface area contributed by atoms with Crippen molar-refractivity contribution in [2.24, 2.45) is 0 Å². The minimum atomic E-state index is -3.76. The van der Waals surface area contributed by atoms with E-state index in [1.807, 2.05) is 0 Å². The molecule has 1 heterocycles. The average Bonchev–Trinajstić information content (AvgIpc) is 3.15. The number of fused-ring (bicyclic) bond motifs is 1. The monoisotopic (exact) mass is 473 g/mol. The second kappa shape index (κ2) is 8.54. The number of nitrogens with zero attached hydrogens (tertiary/aromatic N) is 1. The number of nitrogens with one attached hydrogen (secondary N) is 2. The molecule has 0 aliphatic heterocycles. The molecule has 158 valence electrons. The van der Waals surface area contributed by atoms with Crippen LogP contribution in [0.5, 0.6) is 5.75 Å². The lowest BCUT2D eigenvalue weighted by molar-refractivity contribution is 0.102. The van der Waals surface area contributed by atoms with Gasteiger partial charge in [-0.2, -0.15) is 0 Å². The maximum absolute atomic E-state index is 12.5. The fourth-order valence-electron chi connectivity index (χ4n) is 2.78. The van der Waals surface area contributed by atoms with E-state index >= 15 is 0 Å². The van der Waals surface area contributed by atoms with Crippen LogP contribution >= 0.6 is 22.9 Å². The highest BCUT2D eigenvalue weighted by molar-refractivity contribution is 7.92. The minimum absolute atomic E-state index is 0.103. The SMILES string of the molecule is COc1ccc(S(=O)(=O)Nc2ccc(C(=O)Nc3nc4ccc(Cl)cc4s3)cc2)cc1. The Labute approximate surface area is 187 Å².